The van der Waals surface area contributed by atoms with E-state index < -0.39 is 0 Å². The Labute approximate surface area is 281 Å². The topological polar surface area (TPSA) is 104 Å². The summed E-state index contributed by atoms with van der Waals surface area (Å²) in [6, 6.07) is 24.1. The lowest BCUT2D eigenvalue weighted by Crippen LogP contribution is -2.50. The molecule has 0 bridgehead atoms. The van der Waals surface area contributed by atoms with Crippen molar-refractivity contribution in [2.45, 2.75) is 37.8 Å². The smallest absolute Gasteiger partial charge is 0.247 e. The Morgan fingerprint density at radius 3 is 2.50 bits per heavy atom. The molecule has 3 aliphatic rings. The van der Waals surface area contributed by atoms with Crippen molar-refractivity contribution in [2.24, 2.45) is 0 Å². The Hall–Kier alpha value is -5.13. The molecule has 11 heteroatoms. The Morgan fingerprint density at radius 2 is 1.75 bits per heavy atom. The summed E-state index contributed by atoms with van der Waals surface area (Å²) in [6.45, 7) is 8.42. The molecule has 2 N–H and O–H groups in total. The van der Waals surface area contributed by atoms with Gasteiger partial charge in [0.15, 0.2) is 5.82 Å². The number of carbonyl (C=O) groups is 1. The van der Waals surface area contributed by atoms with Gasteiger partial charge in [-0.15, -0.1) is 0 Å². The van der Waals surface area contributed by atoms with Crippen LogP contribution in [0.25, 0.3) is 0 Å². The minimum atomic E-state index is -0.275. The number of benzene rings is 3. The first-order chi connectivity index (χ1) is 23.6. The van der Waals surface area contributed by atoms with E-state index in [1.165, 1.54) is 31.9 Å². The molecule has 248 valence electrons. The fourth-order valence-corrected chi connectivity index (χ4v) is 6.64. The fraction of sp³-hybridized carbons (Fsp3) is 0.324. The van der Waals surface area contributed by atoms with Gasteiger partial charge in [0.25, 0.3) is 0 Å². The van der Waals surface area contributed by atoms with E-state index in [4.69, 9.17) is 14.3 Å². The van der Waals surface area contributed by atoms with Crippen molar-refractivity contribution in [3.63, 3.8) is 0 Å². The predicted octanol–water partition coefficient (Wildman–Crippen LogP) is 6.70. The van der Waals surface area contributed by atoms with E-state index >= 15 is 0 Å². The Kier molecular flexibility index (Phi) is 9.39. The summed E-state index contributed by atoms with van der Waals surface area (Å²) in [6.07, 6.45) is 7.05. The van der Waals surface area contributed by atoms with Crippen LogP contribution in [0, 0.1) is 0 Å². The van der Waals surface area contributed by atoms with Gasteiger partial charge in [0.1, 0.15) is 29.4 Å². The van der Waals surface area contributed by atoms with Crippen molar-refractivity contribution in [1.82, 2.24) is 14.9 Å². The molecule has 1 atom stereocenters. The number of carbonyl (C=O) groups excluding carboxylic acids is 1. The number of ether oxygens (including phenoxy) is 2. The van der Waals surface area contributed by atoms with Crippen molar-refractivity contribution in [1.29, 1.82) is 0 Å². The molecule has 3 saturated heterocycles. The molecule has 3 fully saturated rings. The SMILES string of the molecule is C=CC(=O)Nc1cc(Nc2cc(N3OCC[C@@H]3c3cccc(Oc4ccccc4)c3)ncn2)c(OC)cc1N1CCC(N2CCC2)CC1. The Balaban J connectivity index is 1.11. The third-order valence-electron chi connectivity index (χ3n) is 9.24. The van der Waals surface area contributed by atoms with Crippen LogP contribution in [0.5, 0.6) is 17.2 Å². The lowest BCUT2D eigenvalue weighted by Gasteiger charge is -2.43. The van der Waals surface area contributed by atoms with Gasteiger partial charge in [-0.2, -0.15) is 0 Å². The molecule has 11 nitrogen and oxygen atoms in total. The van der Waals surface area contributed by atoms with Crippen LogP contribution < -0.4 is 30.1 Å². The molecule has 3 aliphatic heterocycles. The van der Waals surface area contributed by atoms with Crippen LogP contribution in [0.15, 0.2) is 91.8 Å². The fourth-order valence-electron chi connectivity index (χ4n) is 6.64. The number of anilines is 5. The maximum Gasteiger partial charge on any atom is 0.247 e. The molecule has 0 spiro atoms. The highest BCUT2D eigenvalue weighted by atomic mass is 16.7. The minimum Gasteiger partial charge on any atom is -0.494 e. The first kappa shape index (κ1) is 31.5. The van der Waals surface area contributed by atoms with Crippen LogP contribution in [0.2, 0.25) is 0 Å². The summed E-state index contributed by atoms with van der Waals surface area (Å²) >= 11 is 0. The first-order valence-electron chi connectivity index (χ1n) is 16.6. The van der Waals surface area contributed by atoms with E-state index in [0.717, 1.165) is 55.1 Å². The lowest BCUT2D eigenvalue weighted by molar-refractivity contribution is -0.111. The van der Waals surface area contributed by atoms with Crippen molar-refractivity contribution < 1.29 is 19.1 Å². The van der Waals surface area contributed by atoms with Gasteiger partial charge >= 0.3 is 0 Å². The van der Waals surface area contributed by atoms with Gasteiger partial charge in [0, 0.05) is 37.7 Å². The second kappa shape index (κ2) is 14.3. The zero-order chi connectivity index (χ0) is 32.9. The number of rotatable bonds is 11. The van der Waals surface area contributed by atoms with E-state index in [-0.39, 0.29) is 11.9 Å². The third-order valence-corrected chi connectivity index (χ3v) is 9.24. The number of hydroxylamine groups is 1. The standard InChI is InChI=1S/C37H41N7O4/c1-3-37(45)41-30-22-31(34(46-2)23-33(30)43-18-13-27(14-19-43)42-16-8-17-42)40-35-24-36(39-25-38-35)44-32(15-20-47-44)26-9-7-12-29(21-26)48-28-10-5-4-6-11-28/h3-7,9-12,21-25,27,32H,1,8,13-20H2,2H3,(H,41,45)(H,38,39,40)/t32-/m1/s1. The molecule has 1 aromatic heterocycles. The molecule has 4 aromatic rings. The average Bonchev–Trinajstić information content (AvgIpc) is 3.59. The average molecular weight is 648 g/mol. The molecule has 0 aliphatic carbocycles. The second-order valence-electron chi connectivity index (χ2n) is 12.2. The van der Waals surface area contributed by atoms with Crippen LogP contribution in [0.4, 0.5) is 28.7 Å². The summed E-state index contributed by atoms with van der Waals surface area (Å²) in [5, 5.41) is 8.24. The highest BCUT2D eigenvalue weighted by Crippen LogP contribution is 2.41. The molecule has 7 rings (SSSR count). The van der Waals surface area contributed by atoms with Gasteiger partial charge in [-0.05, 0) is 74.3 Å². The highest BCUT2D eigenvalue weighted by Gasteiger charge is 2.31. The molecule has 4 heterocycles. The van der Waals surface area contributed by atoms with Crippen LogP contribution in [-0.2, 0) is 9.63 Å². The van der Waals surface area contributed by atoms with Gasteiger partial charge in [0.05, 0.1) is 36.8 Å². The minimum absolute atomic E-state index is 0.0631. The third kappa shape index (κ3) is 6.92. The molecule has 48 heavy (non-hydrogen) atoms. The number of likely N-dealkylation sites (tertiary alicyclic amines) is 1. The summed E-state index contributed by atoms with van der Waals surface area (Å²) in [5.41, 5.74) is 3.32. The maximum atomic E-state index is 12.5. The van der Waals surface area contributed by atoms with E-state index in [9.17, 15) is 4.79 Å². The van der Waals surface area contributed by atoms with Crippen molar-refractivity contribution >= 4 is 34.6 Å². The number of nitrogens with one attached hydrogen (secondary N) is 2. The van der Waals surface area contributed by atoms with E-state index in [2.05, 4.69) is 43.0 Å². The monoisotopic (exact) mass is 647 g/mol. The number of hydrogen-bond acceptors (Lipinski definition) is 10. The normalized spacial score (nSPS) is 18.2. The molecule has 0 radical (unpaired) electrons. The summed E-state index contributed by atoms with van der Waals surface area (Å²) in [4.78, 5) is 32.6. The zero-order valence-electron chi connectivity index (χ0n) is 27.2. The van der Waals surface area contributed by atoms with Crippen LogP contribution >= 0.6 is 0 Å². The Bertz CT molecular complexity index is 1740. The predicted molar refractivity (Wildman–Crippen MR) is 187 cm³/mol. The summed E-state index contributed by atoms with van der Waals surface area (Å²) in [7, 11) is 1.64. The molecular weight excluding hydrogens is 606 g/mol. The largest absolute Gasteiger partial charge is 0.494 e. The van der Waals surface area contributed by atoms with Gasteiger partial charge in [-0.3, -0.25) is 9.63 Å². The quantitative estimate of drug-likeness (QED) is 0.171. The number of piperidine rings is 1. The van der Waals surface area contributed by atoms with Crippen molar-refractivity contribution in [3.8, 4) is 17.2 Å². The van der Waals surface area contributed by atoms with Crippen molar-refractivity contribution in [2.75, 3.05) is 60.5 Å². The molecule has 3 aromatic carbocycles. The van der Waals surface area contributed by atoms with E-state index in [1.54, 1.807) is 7.11 Å². The van der Waals surface area contributed by atoms with Gasteiger partial charge in [-0.1, -0.05) is 36.9 Å². The van der Waals surface area contributed by atoms with Gasteiger partial charge in [0.2, 0.25) is 5.91 Å². The number of amides is 1. The van der Waals surface area contributed by atoms with Gasteiger partial charge < -0.3 is 29.9 Å². The number of para-hydroxylation sites is 1. The second-order valence-corrected chi connectivity index (χ2v) is 12.2. The molecule has 1 amide bonds. The number of aromatic nitrogens is 2. The number of nitrogens with zero attached hydrogens (tertiary/aromatic N) is 5. The highest BCUT2D eigenvalue weighted by molar-refractivity contribution is 6.02. The summed E-state index contributed by atoms with van der Waals surface area (Å²) < 4.78 is 12.0. The molecule has 0 unspecified atom stereocenters. The molecule has 0 saturated carbocycles. The van der Waals surface area contributed by atoms with Crippen molar-refractivity contribution in [3.05, 3.63) is 97.3 Å². The van der Waals surface area contributed by atoms with Crippen LogP contribution in [0.3, 0.4) is 0 Å². The van der Waals surface area contributed by atoms with Gasteiger partial charge in [-0.25, -0.2) is 15.0 Å². The van der Waals surface area contributed by atoms with E-state index in [1.807, 2.05) is 71.8 Å². The van der Waals surface area contributed by atoms with Crippen LogP contribution in [-0.4, -0.2) is 66.7 Å². The lowest BCUT2D eigenvalue weighted by atomic mass is 9.99. The first-order valence-corrected chi connectivity index (χ1v) is 16.6. The van der Waals surface area contributed by atoms with E-state index in [0.29, 0.717) is 41.4 Å². The zero-order valence-corrected chi connectivity index (χ0v) is 27.2. The Morgan fingerprint density at radius 1 is 0.938 bits per heavy atom. The van der Waals surface area contributed by atoms with Crippen LogP contribution in [0.1, 0.15) is 37.3 Å². The summed E-state index contributed by atoms with van der Waals surface area (Å²) in [5.74, 6) is 3.07. The number of hydrogen-bond donors (Lipinski definition) is 2. The number of methoxy groups -OCH3 is 1. The molecular formula is C37H41N7O4. The maximum absolute atomic E-state index is 12.5.